The van der Waals surface area contributed by atoms with Crippen LogP contribution in [0.3, 0.4) is 0 Å². The van der Waals surface area contributed by atoms with Crippen molar-refractivity contribution in [2.24, 2.45) is 0 Å². The molecule has 21 heavy (non-hydrogen) atoms. The molecule has 1 rings (SSSR count). The van der Waals surface area contributed by atoms with Crippen LogP contribution in [0, 0.1) is 0 Å². The van der Waals surface area contributed by atoms with Crippen LogP contribution in [0.4, 0.5) is 0 Å². The Hall–Kier alpha value is 0.305. The minimum absolute atomic E-state index is 0.770. The zero-order valence-electron chi connectivity index (χ0n) is 15.0. The van der Waals surface area contributed by atoms with Gasteiger partial charge in [-0.3, -0.25) is 0 Å². The molecule has 0 fully saturated rings. The van der Waals surface area contributed by atoms with Gasteiger partial charge in [-0.05, 0) is 0 Å². The molecule has 0 N–H and O–H groups in total. The molecule has 4 heteroatoms. The molecule has 2 nitrogen and oxygen atoms in total. The summed E-state index contributed by atoms with van der Waals surface area (Å²) in [6.45, 7) is 10.2. The molecule has 0 saturated heterocycles. The second kappa shape index (κ2) is 8.24. The normalized spacial score (nSPS) is 17.4. The molecule has 0 aromatic rings. The van der Waals surface area contributed by atoms with Crippen LogP contribution in [0.15, 0.2) is 21.2 Å². The van der Waals surface area contributed by atoms with Gasteiger partial charge in [-0.1, -0.05) is 0 Å². The molecule has 0 atom stereocenters. The van der Waals surface area contributed by atoms with E-state index in [-0.39, 0.29) is 0 Å². The fourth-order valence-corrected chi connectivity index (χ4v) is 9.87. The van der Waals surface area contributed by atoms with Crippen molar-refractivity contribution in [2.75, 3.05) is 13.2 Å². The van der Waals surface area contributed by atoms with E-state index in [1.807, 2.05) is 0 Å². The first-order valence-corrected chi connectivity index (χ1v) is 18.2. The van der Waals surface area contributed by atoms with Crippen LogP contribution >= 0.6 is 0 Å². The van der Waals surface area contributed by atoms with Crippen molar-refractivity contribution < 1.29 is 24.9 Å². The van der Waals surface area contributed by atoms with E-state index in [4.69, 9.17) is 8.85 Å². The zero-order chi connectivity index (χ0) is 16.1. The van der Waals surface area contributed by atoms with Crippen molar-refractivity contribution in [3.05, 3.63) is 21.2 Å². The first-order chi connectivity index (χ1) is 9.73. The number of hydrogen-bond donors (Lipinski definition) is 0. The molecule has 0 heterocycles. The molecule has 0 aliphatic heterocycles. The Morgan fingerprint density at radius 3 is 2.14 bits per heavy atom. The maximum absolute atomic E-state index is 5.93. The topological polar surface area (TPSA) is 18.5 Å². The van der Waals surface area contributed by atoms with Crippen LogP contribution in [-0.2, 0) is 24.9 Å². The summed E-state index contributed by atoms with van der Waals surface area (Å²) >= 11 is -1.57. The third-order valence-electron chi connectivity index (χ3n) is 3.93. The predicted molar refractivity (Wildman–Crippen MR) is 91.9 cm³/mol. The predicted octanol–water partition coefficient (Wildman–Crippen LogP) is 5.81. The summed E-state index contributed by atoms with van der Waals surface area (Å²) in [4.78, 5) is 0. The maximum atomic E-state index is 5.93. The first-order valence-electron chi connectivity index (χ1n) is 7.76. The third-order valence-corrected chi connectivity index (χ3v) is 12.4. The zero-order valence-corrected chi connectivity index (χ0v) is 18.2. The van der Waals surface area contributed by atoms with Gasteiger partial charge in [-0.2, -0.15) is 0 Å². The Morgan fingerprint density at radius 2 is 1.71 bits per heavy atom. The quantitative estimate of drug-likeness (QED) is 0.377. The summed E-state index contributed by atoms with van der Waals surface area (Å²) in [6, 6.07) is 1.10. The SMILES string of the molecule is CCO[Si](C)(CCCC1=CC[C]([Pt]([CH3])([CH3])[CH3])=C1C)OCC. The standard InChI is InChI=1S/C14H25O2Si.3CH3.Pt/c1-5-15-17(4,16-6-2)12-8-11-14-10-7-9-13(14)3;;;;/h10H,5-8,11-12H2,1-4H3;3*1H3;. The Kier molecular flexibility index (Phi) is 7.59. The summed E-state index contributed by atoms with van der Waals surface area (Å²) < 4.78 is 13.6. The molecule has 0 saturated carbocycles. The van der Waals surface area contributed by atoms with E-state index in [0.717, 1.165) is 19.3 Å². The molecule has 128 valence electrons. The van der Waals surface area contributed by atoms with Crippen molar-refractivity contribution in [1.82, 2.24) is 0 Å². The van der Waals surface area contributed by atoms with Gasteiger partial charge < -0.3 is 0 Å². The van der Waals surface area contributed by atoms with Crippen molar-refractivity contribution >= 4 is 8.56 Å². The van der Waals surface area contributed by atoms with Gasteiger partial charge in [0.2, 0.25) is 0 Å². The van der Waals surface area contributed by atoms with E-state index in [9.17, 15) is 0 Å². The van der Waals surface area contributed by atoms with E-state index in [1.54, 1.807) is 15.1 Å². The fourth-order valence-electron chi connectivity index (χ4n) is 2.91. The molecule has 0 amide bonds. The molecule has 1 aliphatic carbocycles. The Labute approximate surface area is 136 Å². The summed E-state index contributed by atoms with van der Waals surface area (Å²) in [5, 5.41) is 7.49. The molecular formula is C17H34O2PtSi. The Morgan fingerprint density at radius 1 is 1.14 bits per heavy atom. The molecule has 0 aromatic heterocycles. The van der Waals surface area contributed by atoms with Crippen molar-refractivity contribution in [1.29, 1.82) is 0 Å². The van der Waals surface area contributed by atoms with Crippen LogP contribution in [-0.4, -0.2) is 21.8 Å². The third kappa shape index (κ3) is 5.78. The van der Waals surface area contributed by atoms with Crippen molar-refractivity contribution in [3.63, 3.8) is 0 Å². The summed E-state index contributed by atoms with van der Waals surface area (Å²) in [5.41, 5.74) is 3.20. The van der Waals surface area contributed by atoms with E-state index in [0.29, 0.717) is 0 Å². The number of hydrogen-bond acceptors (Lipinski definition) is 2. The molecule has 0 unspecified atom stereocenters. The van der Waals surface area contributed by atoms with Gasteiger partial charge >= 0.3 is 136 Å². The molecular weight excluding hydrogens is 459 g/mol. The van der Waals surface area contributed by atoms with Gasteiger partial charge in [-0.25, -0.2) is 0 Å². The van der Waals surface area contributed by atoms with Crippen molar-refractivity contribution in [3.8, 4) is 0 Å². The van der Waals surface area contributed by atoms with Crippen LogP contribution < -0.4 is 0 Å². The Bertz CT molecular complexity index is 402. The summed E-state index contributed by atoms with van der Waals surface area (Å²) in [6.07, 6.45) is 6.07. The number of allylic oxidation sites excluding steroid dienone is 4. The summed E-state index contributed by atoms with van der Waals surface area (Å²) in [7, 11) is -1.93. The second-order valence-corrected chi connectivity index (χ2v) is 21.1. The van der Waals surface area contributed by atoms with Crippen LogP contribution in [0.25, 0.3) is 0 Å². The van der Waals surface area contributed by atoms with E-state index < -0.39 is 24.6 Å². The number of rotatable bonds is 9. The van der Waals surface area contributed by atoms with Gasteiger partial charge in [0.05, 0.1) is 0 Å². The van der Waals surface area contributed by atoms with Gasteiger partial charge in [0.15, 0.2) is 0 Å². The van der Waals surface area contributed by atoms with Gasteiger partial charge in [-0.15, -0.1) is 0 Å². The molecule has 0 spiro atoms. The molecule has 0 bridgehead atoms. The van der Waals surface area contributed by atoms with Crippen molar-refractivity contribution in [2.45, 2.75) is 68.6 Å². The van der Waals surface area contributed by atoms with Gasteiger partial charge in [0, 0.05) is 0 Å². The van der Waals surface area contributed by atoms with E-state index >= 15 is 0 Å². The molecule has 0 aromatic carbocycles. The fraction of sp³-hybridized carbons (Fsp3) is 0.765. The second-order valence-electron chi connectivity index (χ2n) is 6.20. The van der Waals surface area contributed by atoms with E-state index in [2.05, 4.69) is 49.3 Å². The minimum atomic E-state index is -1.93. The Balaban J connectivity index is 2.55. The van der Waals surface area contributed by atoms with Gasteiger partial charge in [0.1, 0.15) is 0 Å². The molecule has 1 aliphatic rings. The van der Waals surface area contributed by atoms with Crippen LogP contribution in [0.2, 0.25) is 28.5 Å². The first kappa shape index (κ1) is 19.4. The summed E-state index contributed by atoms with van der Waals surface area (Å²) in [5.74, 6) is 0. The van der Waals surface area contributed by atoms with Crippen LogP contribution in [0.5, 0.6) is 0 Å². The van der Waals surface area contributed by atoms with E-state index in [1.165, 1.54) is 19.3 Å². The molecule has 0 radical (unpaired) electrons. The average Bonchev–Trinajstić information content (AvgIpc) is 2.71. The van der Waals surface area contributed by atoms with Crippen LogP contribution in [0.1, 0.15) is 40.0 Å². The average molecular weight is 494 g/mol. The monoisotopic (exact) mass is 493 g/mol. The van der Waals surface area contributed by atoms with Gasteiger partial charge in [0.25, 0.3) is 0 Å².